The van der Waals surface area contributed by atoms with Crippen LogP contribution in [0.3, 0.4) is 0 Å². The zero-order valence-electron chi connectivity index (χ0n) is 16.3. The molecule has 0 aliphatic carbocycles. The van der Waals surface area contributed by atoms with Crippen LogP contribution in [0.4, 0.5) is 18.9 Å². The van der Waals surface area contributed by atoms with Gasteiger partial charge in [0.1, 0.15) is 5.75 Å². The Kier molecular flexibility index (Phi) is 6.97. The van der Waals surface area contributed by atoms with Gasteiger partial charge in [0.2, 0.25) is 5.91 Å². The Hall–Kier alpha value is -3.03. The van der Waals surface area contributed by atoms with E-state index in [4.69, 9.17) is 0 Å². The van der Waals surface area contributed by atoms with E-state index in [1.165, 1.54) is 18.2 Å². The Balaban J connectivity index is 1.42. The Bertz CT molecular complexity index is 863. The van der Waals surface area contributed by atoms with Gasteiger partial charge in [0, 0.05) is 36.8 Å². The smallest absolute Gasteiger partial charge is 0.406 e. The molecule has 1 heterocycles. The molecular weight excluding hydrogens is 397 g/mol. The molecule has 30 heavy (non-hydrogen) atoms. The number of rotatable bonds is 6. The second-order valence-electron chi connectivity index (χ2n) is 7.26. The average Bonchev–Trinajstić information content (AvgIpc) is 2.72. The van der Waals surface area contributed by atoms with E-state index in [9.17, 15) is 22.8 Å². The Morgan fingerprint density at radius 1 is 1.03 bits per heavy atom. The van der Waals surface area contributed by atoms with Crippen molar-refractivity contribution in [3.8, 4) is 5.75 Å². The maximum Gasteiger partial charge on any atom is 0.573 e. The van der Waals surface area contributed by atoms with Crippen molar-refractivity contribution in [3.63, 3.8) is 0 Å². The lowest BCUT2D eigenvalue weighted by atomic mass is 9.91. The number of ether oxygens (including phenoxy) is 1. The average molecular weight is 420 g/mol. The lowest BCUT2D eigenvalue weighted by Crippen LogP contribution is -2.38. The topological polar surface area (TPSA) is 58.6 Å². The fourth-order valence-corrected chi connectivity index (χ4v) is 3.52. The van der Waals surface area contributed by atoms with Crippen molar-refractivity contribution in [1.29, 1.82) is 0 Å². The van der Waals surface area contributed by atoms with Crippen LogP contribution < -0.4 is 10.1 Å². The first-order valence-electron chi connectivity index (χ1n) is 9.80. The van der Waals surface area contributed by atoms with Crippen molar-refractivity contribution in [1.82, 2.24) is 4.90 Å². The SMILES string of the molecule is O=C(CCC1CCN(C(=O)c2ccccc2)CC1)Nc1cccc(OC(F)(F)F)c1. The molecule has 0 spiro atoms. The quantitative estimate of drug-likeness (QED) is 0.726. The minimum absolute atomic E-state index is 0.0211. The van der Waals surface area contributed by atoms with Crippen LogP contribution in [0.25, 0.3) is 0 Å². The zero-order chi connectivity index (χ0) is 21.6. The number of anilines is 1. The molecule has 0 bridgehead atoms. The van der Waals surface area contributed by atoms with Crippen LogP contribution in [0.2, 0.25) is 0 Å². The molecule has 8 heteroatoms. The highest BCUT2D eigenvalue weighted by molar-refractivity contribution is 5.94. The van der Waals surface area contributed by atoms with Crippen molar-refractivity contribution < 1.29 is 27.5 Å². The molecule has 2 aromatic rings. The van der Waals surface area contributed by atoms with E-state index >= 15 is 0 Å². The van der Waals surface area contributed by atoms with Crippen LogP contribution in [0, 0.1) is 5.92 Å². The minimum Gasteiger partial charge on any atom is -0.406 e. The maximum absolute atomic E-state index is 12.5. The lowest BCUT2D eigenvalue weighted by Gasteiger charge is -2.32. The molecule has 2 amide bonds. The van der Waals surface area contributed by atoms with E-state index in [2.05, 4.69) is 10.1 Å². The number of hydrogen-bond acceptors (Lipinski definition) is 3. The van der Waals surface area contributed by atoms with Crippen LogP contribution in [-0.4, -0.2) is 36.2 Å². The van der Waals surface area contributed by atoms with Crippen molar-refractivity contribution in [2.24, 2.45) is 5.92 Å². The normalized spacial score (nSPS) is 15.0. The molecule has 1 saturated heterocycles. The number of likely N-dealkylation sites (tertiary alicyclic amines) is 1. The second kappa shape index (κ2) is 9.65. The second-order valence-corrected chi connectivity index (χ2v) is 7.26. The highest BCUT2D eigenvalue weighted by Gasteiger charge is 2.31. The number of alkyl halides is 3. The fraction of sp³-hybridized carbons (Fsp3) is 0.364. The number of carbonyl (C=O) groups is 2. The predicted molar refractivity (Wildman–Crippen MR) is 106 cm³/mol. The third-order valence-electron chi connectivity index (χ3n) is 5.05. The van der Waals surface area contributed by atoms with Gasteiger partial charge >= 0.3 is 6.36 Å². The summed E-state index contributed by atoms with van der Waals surface area (Å²) >= 11 is 0. The fourth-order valence-electron chi connectivity index (χ4n) is 3.52. The molecule has 2 aromatic carbocycles. The Labute approximate surface area is 172 Å². The molecular formula is C22H23F3N2O3. The van der Waals surface area contributed by atoms with Crippen molar-refractivity contribution in [2.75, 3.05) is 18.4 Å². The lowest BCUT2D eigenvalue weighted by molar-refractivity contribution is -0.274. The summed E-state index contributed by atoms with van der Waals surface area (Å²) in [6.07, 6.45) is -2.21. The Morgan fingerprint density at radius 2 is 1.73 bits per heavy atom. The van der Waals surface area contributed by atoms with Gasteiger partial charge in [-0.3, -0.25) is 9.59 Å². The number of halogens is 3. The maximum atomic E-state index is 12.5. The summed E-state index contributed by atoms with van der Waals surface area (Å²) in [5.74, 6) is -0.291. The molecule has 0 unspecified atom stereocenters. The number of carbonyl (C=O) groups excluding carboxylic acids is 2. The highest BCUT2D eigenvalue weighted by atomic mass is 19.4. The molecule has 160 valence electrons. The van der Waals surface area contributed by atoms with E-state index in [-0.39, 0.29) is 29.7 Å². The van der Waals surface area contributed by atoms with E-state index in [0.717, 1.165) is 18.9 Å². The summed E-state index contributed by atoms with van der Waals surface area (Å²) in [5.41, 5.74) is 0.928. The summed E-state index contributed by atoms with van der Waals surface area (Å²) in [6, 6.07) is 14.3. The first-order valence-corrected chi connectivity index (χ1v) is 9.80. The zero-order valence-corrected chi connectivity index (χ0v) is 16.3. The monoisotopic (exact) mass is 420 g/mol. The van der Waals surface area contributed by atoms with Crippen LogP contribution in [0.15, 0.2) is 54.6 Å². The molecule has 3 rings (SSSR count). The van der Waals surface area contributed by atoms with Crippen LogP contribution in [0.1, 0.15) is 36.0 Å². The van der Waals surface area contributed by atoms with Crippen LogP contribution >= 0.6 is 0 Å². The summed E-state index contributed by atoms with van der Waals surface area (Å²) in [5, 5.41) is 2.61. The largest absolute Gasteiger partial charge is 0.573 e. The van der Waals surface area contributed by atoms with Gasteiger partial charge in [-0.2, -0.15) is 0 Å². The predicted octanol–water partition coefficient (Wildman–Crippen LogP) is 4.86. The van der Waals surface area contributed by atoms with E-state index in [1.54, 1.807) is 12.1 Å². The Morgan fingerprint density at radius 3 is 2.40 bits per heavy atom. The summed E-state index contributed by atoms with van der Waals surface area (Å²) in [4.78, 5) is 26.5. The van der Waals surface area contributed by atoms with Gasteiger partial charge in [-0.15, -0.1) is 13.2 Å². The summed E-state index contributed by atoms with van der Waals surface area (Å²) < 4.78 is 40.8. The summed E-state index contributed by atoms with van der Waals surface area (Å²) in [6.45, 7) is 1.30. The van der Waals surface area contributed by atoms with Gasteiger partial charge in [-0.05, 0) is 49.4 Å². The highest BCUT2D eigenvalue weighted by Crippen LogP contribution is 2.26. The number of amides is 2. The molecule has 5 nitrogen and oxygen atoms in total. The van der Waals surface area contributed by atoms with Crippen LogP contribution in [-0.2, 0) is 4.79 Å². The number of benzene rings is 2. The molecule has 0 saturated carbocycles. The van der Waals surface area contributed by atoms with Gasteiger partial charge in [-0.25, -0.2) is 0 Å². The third-order valence-corrected chi connectivity index (χ3v) is 5.05. The van der Waals surface area contributed by atoms with Crippen molar-refractivity contribution in [3.05, 3.63) is 60.2 Å². The van der Waals surface area contributed by atoms with Gasteiger partial charge in [0.05, 0.1) is 0 Å². The van der Waals surface area contributed by atoms with Crippen LogP contribution in [0.5, 0.6) is 5.75 Å². The van der Waals surface area contributed by atoms with Gasteiger partial charge in [0.15, 0.2) is 0 Å². The first kappa shape index (κ1) is 21.7. The van der Waals surface area contributed by atoms with Crippen molar-refractivity contribution >= 4 is 17.5 Å². The molecule has 1 aliphatic rings. The minimum atomic E-state index is -4.78. The van der Waals surface area contributed by atoms with E-state index in [1.807, 2.05) is 23.1 Å². The van der Waals surface area contributed by atoms with Gasteiger partial charge in [0.25, 0.3) is 5.91 Å². The van der Waals surface area contributed by atoms with Gasteiger partial charge < -0.3 is 15.0 Å². The molecule has 0 atom stereocenters. The molecule has 1 fully saturated rings. The van der Waals surface area contributed by atoms with Crippen molar-refractivity contribution in [2.45, 2.75) is 32.0 Å². The molecule has 1 N–H and O–H groups in total. The first-order chi connectivity index (χ1) is 14.3. The standard InChI is InChI=1S/C22H23F3N2O3/c23-22(24,25)30-19-8-4-7-18(15-19)26-20(28)10-9-16-11-13-27(14-12-16)21(29)17-5-2-1-3-6-17/h1-8,15-16H,9-14H2,(H,26,28). The molecule has 0 radical (unpaired) electrons. The third kappa shape index (κ3) is 6.50. The van der Waals surface area contributed by atoms with Gasteiger partial charge in [-0.1, -0.05) is 24.3 Å². The van der Waals surface area contributed by atoms with E-state index in [0.29, 0.717) is 31.0 Å². The molecule has 1 aliphatic heterocycles. The summed E-state index contributed by atoms with van der Waals surface area (Å²) in [7, 11) is 0. The number of nitrogens with zero attached hydrogens (tertiary/aromatic N) is 1. The number of piperidine rings is 1. The number of hydrogen-bond donors (Lipinski definition) is 1. The molecule has 0 aromatic heterocycles. The van der Waals surface area contributed by atoms with E-state index < -0.39 is 6.36 Å². The number of nitrogens with one attached hydrogen (secondary N) is 1.